The van der Waals surface area contributed by atoms with Gasteiger partial charge >= 0.3 is 0 Å². The van der Waals surface area contributed by atoms with Crippen LogP contribution in [0.4, 0.5) is 0 Å². The second-order valence-electron chi connectivity index (χ2n) is 5.73. The van der Waals surface area contributed by atoms with Gasteiger partial charge in [0.25, 0.3) is 0 Å². The molecule has 1 fully saturated rings. The summed E-state index contributed by atoms with van der Waals surface area (Å²) in [5.74, 6) is 2.06. The van der Waals surface area contributed by atoms with Crippen LogP contribution in [0.5, 0.6) is 5.75 Å². The average Bonchev–Trinajstić information content (AvgIpc) is 2.92. The van der Waals surface area contributed by atoms with E-state index in [1.54, 1.807) is 0 Å². The quantitative estimate of drug-likeness (QED) is 0.774. The molecule has 1 aromatic carbocycles. The molecular formula is C17H27NO2S. The van der Waals surface area contributed by atoms with Gasteiger partial charge in [-0.3, -0.25) is 0 Å². The Morgan fingerprint density at radius 2 is 2.19 bits per heavy atom. The lowest BCUT2D eigenvalue weighted by Crippen LogP contribution is -2.37. The molecule has 1 saturated carbocycles. The highest BCUT2D eigenvalue weighted by Crippen LogP contribution is 2.29. The molecule has 1 aliphatic rings. The molecule has 0 bridgehead atoms. The van der Waals surface area contributed by atoms with Crippen molar-refractivity contribution in [3.63, 3.8) is 0 Å². The Morgan fingerprint density at radius 3 is 2.95 bits per heavy atom. The number of rotatable bonds is 8. The van der Waals surface area contributed by atoms with Crippen molar-refractivity contribution in [1.29, 1.82) is 0 Å². The summed E-state index contributed by atoms with van der Waals surface area (Å²) in [6, 6.07) is 8.47. The van der Waals surface area contributed by atoms with Crippen molar-refractivity contribution in [2.45, 2.75) is 50.5 Å². The van der Waals surface area contributed by atoms with E-state index in [2.05, 4.69) is 24.0 Å². The zero-order valence-electron chi connectivity index (χ0n) is 13.0. The lowest BCUT2D eigenvalue weighted by Gasteiger charge is -2.17. The number of aryl methyl sites for hydroxylation is 1. The molecule has 2 N–H and O–H groups in total. The van der Waals surface area contributed by atoms with Crippen LogP contribution in [0.3, 0.4) is 0 Å². The molecule has 0 amide bonds. The van der Waals surface area contributed by atoms with Gasteiger partial charge in [0.15, 0.2) is 0 Å². The summed E-state index contributed by atoms with van der Waals surface area (Å²) >= 11 is 2.06. The summed E-state index contributed by atoms with van der Waals surface area (Å²) in [6.45, 7) is 5.19. The summed E-state index contributed by atoms with van der Waals surface area (Å²) in [5.41, 5.74) is 1.10. The largest absolute Gasteiger partial charge is 0.491 e. The zero-order chi connectivity index (χ0) is 15.1. The Bertz CT molecular complexity index is 427. The third-order valence-electron chi connectivity index (χ3n) is 3.95. The standard InChI is InChI=1S/C17H27NO2S/c1-3-21-16-9-8-14(10-16)18-11-15(19)12-20-17-7-5-4-6-13(17)2/h4-7,14-16,18-19H,3,8-12H2,1-2H3. The van der Waals surface area contributed by atoms with Gasteiger partial charge in [-0.05, 0) is 43.6 Å². The molecule has 2 rings (SSSR count). The molecule has 3 atom stereocenters. The molecule has 3 unspecified atom stereocenters. The Kier molecular flexibility index (Phi) is 6.87. The predicted octanol–water partition coefficient (Wildman–Crippen LogP) is 3.00. The van der Waals surface area contributed by atoms with E-state index in [1.165, 1.54) is 25.0 Å². The van der Waals surface area contributed by atoms with Gasteiger partial charge < -0.3 is 15.2 Å². The minimum atomic E-state index is -0.456. The summed E-state index contributed by atoms with van der Waals surface area (Å²) in [6.07, 6.45) is 3.29. The molecule has 4 heteroatoms. The van der Waals surface area contributed by atoms with Crippen LogP contribution in [0.1, 0.15) is 31.7 Å². The number of benzene rings is 1. The second-order valence-corrected chi connectivity index (χ2v) is 7.30. The first-order valence-corrected chi connectivity index (χ1v) is 8.95. The number of aliphatic hydroxyl groups is 1. The molecule has 0 saturated heterocycles. The van der Waals surface area contributed by atoms with Crippen LogP contribution in [-0.4, -0.2) is 41.4 Å². The van der Waals surface area contributed by atoms with Crippen molar-refractivity contribution in [2.75, 3.05) is 18.9 Å². The monoisotopic (exact) mass is 309 g/mol. The Hall–Kier alpha value is -0.710. The van der Waals surface area contributed by atoms with Gasteiger partial charge in [0.2, 0.25) is 0 Å². The molecule has 0 aliphatic heterocycles. The van der Waals surface area contributed by atoms with E-state index in [1.807, 2.05) is 31.2 Å². The third kappa shape index (κ3) is 5.53. The van der Waals surface area contributed by atoms with E-state index < -0.39 is 6.10 Å². The lowest BCUT2D eigenvalue weighted by atomic mass is 10.2. The van der Waals surface area contributed by atoms with Gasteiger partial charge in [-0.1, -0.05) is 25.1 Å². The molecule has 1 aromatic rings. The summed E-state index contributed by atoms with van der Waals surface area (Å²) < 4.78 is 5.68. The average molecular weight is 309 g/mol. The molecule has 21 heavy (non-hydrogen) atoms. The van der Waals surface area contributed by atoms with Crippen molar-refractivity contribution >= 4 is 11.8 Å². The Balaban J connectivity index is 1.64. The van der Waals surface area contributed by atoms with E-state index in [-0.39, 0.29) is 0 Å². The van der Waals surface area contributed by atoms with Gasteiger partial charge in [-0.2, -0.15) is 11.8 Å². The molecule has 3 nitrogen and oxygen atoms in total. The first-order valence-electron chi connectivity index (χ1n) is 7.90. The normalized spacial score (nSPS) is 23.2. The van der Waals surface area contributed by atoms with Gasteiger partial charge in [-0.15, -0.1) is 0 Å². The first kappa shape index (κ1) is 16.7. The molecule has 1 aliphatic carbocycles. The van der Waals surface area contributed by atoms with Gasteiger partial charge in [0.05, 0.1) is 0 Å². The number of hydrogen-bond donors (Lipinski definition) is 2. The topological polar surface area (TPSA) is 41.5 Å². The number of nitrogens with one attached hydrogen (secondary N) is 1. The van der Waals surface area contributed by atoms with Crippen molar-refractivity contribution in [3.8, 4) is 5.75 Å². The second kappa shape index (κ2) is 8.66. The van der Waals surface area contributed by atoms with Crippen molar-refractivity contribution in [3.05, 3.63) is 29.8 Å². The third-order valence-corrected chi connectivity index (χ3v) is 5.19. The van der Waals surface area contributed by atoms with Crippen LogP contribution in [0, 0.1) is 6.92 Å². The van der Waals surface area contributed by atoms with E-state index in [0.29, 0.717) is 19.2 Å². The Labute approximate surface area is 132 Å². The van der Waals surface area contributed by atoms with E-state index >= 15 is 0 Å². The first-order chi connectivity index (χ1) is 10.2. The number of ether oxygens (including phenoxy) is 1. The zero-order valence-corrected chi connectivity index (χ0v) is 13.9. The van der Waals surface area contributed by atoms with E-state index in [4.69, 9.17) is 4.74 Å². The fourth-order valence-electron chi connectivity index (χ4n) is 2.78. The van der Waals surface area contributed by atoms with Crippen LogP contribution in [0.15, 0.2) is 24.3 Å². The number of hydrogen-bond acceptors (Lipinski definition) is 4. The fraction of sp³-hybridized carbons (Fsp3) is 0.647. The number of para-hydroxylation sites is 1. The SMILES string of the molecule is CCSC1CCC(NCC(O)COc2ccccc2C)C1. The number of thioether (sulfide) groups is 1. The molecule has 0 aromatic heterocycles. The molecule has 0 spiro atoms. The highest BCUT2D eigenvalue weighted by molar-refractivity contribution is 7.99. The van der Waals surface area contributed by atoms with E-state index in [0.717, 1.165) is 16.6 Å². The number of aliphatic hydroxyl groups excluding tert-OH is 1. The molecule has 0 heterocycles. The van der Waals surface area contributed by atoms with Crippen LogP contribution in [0.2, 0.25) is 0 Å². The van der Waals surface area contributed by atoms with Crippen molar-refractivity contribution in [1.82, 2.24) is 5.32 Å². The van der Waals surface area contributed by atoms with Crippen molar-refractivity contribution < 1.29 is 9.84 Å². The summed E-state index contributed by atoms with van der Waals surface area (Å²) in [7, 11) is 0. The molecule has 0 radical (unpaired) electrons. The maximum absolute atomic E-state index is 10.0. The summed E-state index contributed by atoms with van der Waals surface area (Å²) in [4.78, 5) is 0. The van der Waals surface area contributed by atoms with Gasteiger partial charge in [-0.25, -0.2) is 0 Å². The minimum absolute atomic E-state index is 0.345. The molecule has 118 valence electrons. The van der Waals surface area contributed by atoms with Gasteiger partial charge in [0.1, 0.15) is 18.5 Å². The predicted molar refractivity (Wildman–Crippen MR) is 90.2 cm³/mol. The van der Waals surface area contributed by atoms with Crippen LogP contribution in [0.25, 0.3) is 0 Å². The van der Waals surface area contributed by atoms with Crippen LogP contribution in [-0.2, 0) is 0 Å². The maximum Gasteiger partial charge on any atom is 0.122 e. The fourth-order valence-corrected chi connectivity index (χ4v) is 3.92. The maximum atomic E-state index is 10.0. The highest BCUT2D eigenvalue weighted by atomic mass is 32.2. The Morgan fingerprint density at radius 1 is 1.38 bits per heavy atom. The smallest absolute Gasteiger partial charge is 0.122 e. The van der Waals surface area contributed by atoms with E-state index in [9.17, 15) is 5.11 Å². The lowest BCUT2D eigenvalue weighted by molar-refractivity contribution is 0.103. The van der Waals surface area contributed by atoms with Crippen LogP contribution >= 0.6 is 11.8 Å². The molecular weight excluding hydrogens is 282 g/mol. The minimum Gasteiger partial charge on any atom is -0.491 e. The van der Waals surface area contributed by atoms with Crippen molar-refractivity contribution in [2.24, 2.45) is 0 Å². The van der Waals surface area contributed by atoms with Gasteiger partial charge in [0, 0.05) is 17.8 Å². The van der Waals surface area contributed by atoms with Crippen LogP contribution < -0.4 is 10.1 Å². The summed E-state index contributed by atoms with van der Waals surface area (Å²) in [5, 5.41) is 14.3. The highest BCUT2D eigenvalue weighted by Gasteiger charge is 2.24.